The van der Waals surface area contributed by atoms with Crippen LogP contribution in [-0.4, -0.2) is 5.78 Å². The number of fused-ring (bicyclic) bond motifs is 3. The second kappa shape index (κ2) is 5.12. The standard InChI is InChI=1S/C21H14O/c22-21(16-7-2-1-3-8-16)18-12-13-20-17(14-18)11-10-15-6-4-5-9-19(15)20/h1-14H. The van der Waals surface area contributed by atoms with Gasteiger partial charge in [0.1, 0.15) is 0 Å². The van der Waals surface area contributed by atoms with Crippen molar-refractivity contribution in [3.8, 4) is 0 Å². The number of hydrogen-bond donors (Lipinski definition) is 0. The molecule has 0 saturated carbocycles. The molecule has 22 heavy (non-hydrogen) atoms. The maximum absolute atomic E-state index is 12.6. The van der Waals surface area contributed by atoms with Gasteiger partial charge in [-0.05, 0) is 27.6 Å². The van der Waals surface area contributed by atoms with E-state index in [0.717, 1.165) is 16.5 Å². The first-order chi connectivity index (χ1) is 10.8. The number of hydrogen-bond acceptors (Lipinski definition) is 1. The lowest BCUT2D eigenvalue weighted by Gasteiger charge is -2.06. The second-order valence-corrected chi connectivity index (χ2v) is 5.42. The van der Waals surface area contributed by atoms with Gasteiger partial charge in [-0.3, -0.25) is 4.79 Å². The Morgan fingerprint density at radius 1 is 0.545 bits per heavy atom. The fourth-order valence-corrected chi connectivity index (χ4v) is 2.91. The average Bonchev–Trinajstić information content (AvgIpc) is 2.61. The minimum absolute atomic E-state index is 0.0654. The van der Waals surface area contributed by atoms with Crippen LogP contribution in [0.2, 0.25) is 0 Å². The predicted octanol–water partition coefficient (Wildman–Crippen LogP) is 5.22. The Kier molecular flexibility index (Phi) is 2.97. The van der Waals surface area contributed by atoms with Crippen molar-refractivity contribution in [3.05, 3.63) is 96.1 Å². The molecule has 4 aromatic carbocycles. The van der Waals surface area contributed by atoms with E-state index in [0.29, 0.717) is 0 Å². The Morgan fingerprint density at radius 2 is 1.23 bits per heavy atom. The molecule has 0 aromatic heterocycles. The minimum Gasteiger partial charge on any atom is -0.289 e. The lowest BCUT2D eigenvalue weighted by Crippen LogP contribution is -2.00. The molecule has 0 amide bonds. The van der Waals surface area contributed by atoms with Gasteiger partial charge in [0.05, 0.1) is 0 Å². The van der Waals surface area contributed by atoms with Gasteiger partial charge in [0.25, 0.3) is 0 Å². The lowest BCUT2D eigenvalue weighted by atomic mass is 9.97. The zero-order valence-electron chi connectivity index (χ0n) is 12.0. The van der Waals surface area contributed by atoms with Gasteiger partial charge in [0.15, 0.2) is 5.78 Å². The van der Waals surface area contributed by atoms with Crippen molar-refractivity contribution in [2.45, 2.75) is 0 Å². The van der Waals surface area contributed by atoms with Gasteiger partial charge in [-0.15, -0.1) is 0 Å². The van der Waals surface area contributed by atoms with Gasteiger partial charge in [-0.1, -0.05) is 78.9 Å². The molecule has 0 spiro atoms. The molecule has 1 nitrogen and oxygen atoms in total. The largest absolute Gasteiger partial charge is 0.289 e. The van der Waals surface area contributed by atoms with Gasteiger partial charge in [-0.2, -0.15) is 0 Å². The zero-order chi connectivity index (χ0) is 14.9. The molecule has 1 heteroatoms. The van der Waals surface area contributed by atoms with Crippen molar-refractivity contribution in [1.82, 2.24) is 0 Å². The van der Waals surface area contributed by atoms with E-state index in [-0.39, 0.29) is 5.78 Å². The Labute approximate surface area is 128 Å². The van der Waals surface area contributed by atoms with Gasteiger partial charge < -0.3 is 0 Å². The first kappa shape index (κ1) is 12.8. The summed E-state index contributed by atoms with van der Waals surface area (Å²) in [6, 6.07) is 27.9. The molecule has 0 atom stereocenters. The average molecular weight is 282 g/mol. The van der Waals surface area contributed by atoms with Crippen LogP contribution in [0.5, 0.6) is 0 Å². The van der Waals surface area contributed by atoms with Crippen LogP contribution in [0.15, 0.2) is 84.9 Å². The van der Waals surface area contributed by atoms with Crippen molar-refractivity contribution in [2.24, 2.45) is 0 Å². The molecule has 0 unspecified atom stereocenters. The molecule has 0 heterocycles. The number of rotatable bonds is 2. The van der Waals surface area contributed by atoms with Crippen molar-refractivity contribution >= 4 is 27.3 Å². The van der Waals surface area contributed by atoms with Gasteiger partial charge in [0.2, 0.25) is 0 Å². The second-order valence-electron chi connectivity index (χ2n) is 5.42. The number of benzene rings is 4. The van der Waals surface area contributed by atoms with E-state index in [2.05, 4.69) is 24.3 Å². The molecule has 0 aliphatic heterocycles. The summed E-state index contributed by atoms with van der Waals surface area (Å²) in [6.07, 6.45) is 0. The van der Waals surface area contributed by atoms with E-state index in [9.17, 15) is 4.79 Å². The molecule has 0 radical (unpaired) electrons. The highest BCUT2D eigenvalue weighted by atomic mass is 16.1. The van der Waals surface area contributed by atoms with Crippen LogP contribution < -0.4 is 0 Å². The van der Waals surface area contributed by atoms with Gasteiger partial charge in [0, 0.05) is 11.1 Å². The van der Waals surface area contributed by atoms with Crippen LogP contribution in [0.3, 0.4) is 0 Å². The number of ketones is 1. The Hall–Kier alpha value is -2.93. The van der Waals surface area contributed by atoms with E-state index in [1.807, 2.05) is 60.7 Å². The molecule has 0 saturated heterocycles. The van der Waals surface area contributed by atoms with E-state index < -0.39 is 0 Å². The molecule has 0 fully saturated rings. The summed E-state index contributed by atoms with van der Waals surface area (Å²) in [6.45, 7) is 0. The highest BCUT2D eigenvalue weighted by Gasteiger charge is 2.09. The zero-order valence-corrected chi connectivity index (χ0v) is 12.0. The smallest absolute Gasteiger partial charge is 0.193 e. The van der Waals surface area contributed by atoms with Crippen molar-refractivity contribution in [1.29, 1.82) is 0 Å². The molecule has 104 valence electrons. The number of carbonyl (C=O) groups is 1. The van der Waals surface area contributed by atoms with Gasteiger partial charge >= 0.3 is 0 Å². The molecular weight excluding hydrogens is 268 g/mol. The number of carbonyl (C=O) groups excluding carboxylic acids is 1. The molecule has 0 aliphatic carbocycles. The fourth-order valence-electron chi connectivity index (χ4n) is 2.91. The van der Waals surface area contributed by atoms with E-state index in [1.54, 1.807) is 0 Å². The minimum atomic E-state index is 0.0654. The van der Waals surface area contributed by atoms with E-state index in [1.165, 1.54) is 16.2 Å². The molecule has 0 aliphatic rings. The first-order valence-corrected chi connectivity index (χ1v) is 7.34. The van der Waals surface area contributed by atoms with Crippen LogP contribution in [-0.2, 0) is 0 Å². The predicted molar refractivity (Wildman–Crippen MR) is 91.3 cm³/mol. The van der Waals surface area contributed by atoms with Crippen molar-refractivity contribution in [2.75, 3.05) is 0 Å². The third-order valence-corrected chi connectivity index (χ3v) is 4.04. The summed E-state index contributed by atoms with van der Waals surface area (Å²) in [5.41, 5.74) is 1.46. The highest BCUT2D eigenvalue weighted by molar-refractivity contribution is 6.13. The third kappa shape index (κ3) is 2.08. The summed E-state index contributed by atoms with van der Waals surface area (Å²) < 4.78 is 0. The van der Waals surface area contributed by atoms with E-state index >= 15 is 0 Å². The molecule has 4 aromatic rings. The highest BCUT2D eigenvalue weighted by Crippen LogP contribution is 2.26. The quantitative estimate of drug-likeness (QED) is 0.364. The normalized spacial score (nSPS) is 10.9. The first-order valence-electron chi connectivity index (χ1n) is 7.34. The molecule has 0 N–H and O–H groups in total. The Bertz CT molecular complexity index is 984. The van der Waals surface area contributed by atoms with Crippen molar-refractivity contribution < 1.29 is 4.79 Å². The fraction of sp³-hybridized carbons (Fsp3) is 0. The maximum atomic E-state index is 12.6. The molecule has 0 bridgehead atoms. The molecular formula is C21H14O. The lowest BCUT2D eigenvalue weighted by molar-refractivity contribution is 0.103. The van der Waals surface area contributed by atoms with Crippen LogP contribution in [0, 0.1) is 0 Å². The summed E-state index contributed by atoms with van der Waals surface area (Å²) in [7, 11) is 0. The van der Waals surface area contributed by atoms with Gasteiger partial charge in [-0.25, -0.2) is 0 Å². The van der Waals surface area contributed by atoms with Crippen LogP contribution >= 0.6 is 0 Å². The van der Waals surface area contributed by atoms with Crippen LogP contribution in [0.4, 0.5) is 0 Å². The summed E-state index contributed by atoms with van der Waals surface area (Å²) in [4.78, 5) is 12.6. The summed E-state index contributed by atoms with van der Waals surface area (Å²) >= 11 is 0. The summed E-state index contributed by atoms with van der Waals surface area (Å²) in [5.74, 6) is 0.0654. The SMILES string of the molecule is O=C(c1ccccc1)c1ccc2c(ccc3ccccc32)c1. The van der Waals surface area contributed by atoms with Crippen LogP contribution in [0.25, 0.3) is 21.5 Å². The third-order valence-electron chi connectivity index (χ3n) is 4.04. The summed E-state index contributed by atoms with van der Waals surface area (Å²) in [5, 5.41) is 4.72. The van der Waals surface area contributed by atoms with Crippen molar-refractivity contribution in [3.63, 3.8) is 0 Å². The molecule has 4 rings (SSSR count). The monoisotopic (exact) mass is 282 g/mol. The van der Waals surface area contributed by atoms with E-state index in [4.69, 9.17) is 0 Å². The maximum Gasteiger partial charge on any atom is 0.193 e. The topological polar surface area (TPSA) is 17.1 Å². The van der Waals surface area contributed by atoms with Crippen LogP contribution in [0.1, 0.15) is 15.9 Å². The Morgan fingerprint density at radius 3 is 2.09 bits per heavy atom. The Balaban J connectivity index is 1.88.